The highest BCUT2D eigenvalue weighted by Crippen LogP contribution is 2.07. The van der Waals surface area contributed by atoms with E-state index in [4.69, 9.17) is 11.2 Å². The van der Waals surface area contributed by atoms with Gasteiger partial charge in [-0.2, -0.15) is 0 Å². The van der Waals surface area contributed by atoms with E-state index in [1.165, 1.54) is 0 Å². The molecule has 1 amide bonds. The number of ether oxygens (including phenoxy) is 1. The van der Waals surface area contributed by atoms with E-state index in [-0.39, 0.29) is 6.04 Å². The van der Waals surface area contributed by atoms with Crippen molar-refractivity contribution >= 4 is 6.09 Å². The van der Waals surface area contributed by atoms with Crippen LogP contribution < -0.4 is 5.32 Å². The average Bonchev–Trinajstić information content (AvgIpc) is 2.00. The summed E-state index contributed by atoms with van der Waals surface area (Å²) in [6.45, 7) is 7.46. The molecule has 1 unspecified atom stereocenters. The van der Waals surface area contributed by atoms with Crippen LogP contribution in [0.5, 0.6) is 0 Å². The molecule has 3 nitrogen and oxygen atoms in total. The number of terminal acetylenes is 1. The molecule has 14 heavy (non-hydrogen) atoms. The molecule has 0 radical (unpaired) electrons. The first-order valence-corrected chi connectivity index (χ1v) is 4.82. The van der Waals surface area contributed by atoms with E-state index in [0.717, 1.165) is 6.42 Å². The lowest BCUT2D eigenvalue weighted by Crippen LogP contribution is -2.38. The fraction of sp³-hybridized carbons (Fsp3) is 0.727. The minimum Gasteiger partial charge on any atom is -0.444 e. The maximum absolute atomic E-state index is 11.3. The fourth-order valence-corrected chi connectivity index (χ4v) is 0.914. The predicted octanol–water partition coefficient (Wildman–Crippen LogP) is 2.31. The van der Waals surface area contributed by atoms with Gasteiger partial charge in [0.1, 0.15) is 5.60 Å². The summed E-state index contributed by atoms with van der Waals surface area (Å²) in [5, 5.41) is 2.72. The fourth-order valence-electron chi connectivity index (χ4n) is 0.914. The highest BCUT2D eigenvalue weighted by Gasteiger charge is 2.17. The number of amides is 1. The molecular formula is C11H19NO2. The number of nitrogens with one attached hydrogen (secondary N) is 1. The highest BCUT2D eigenvalue weighted by atomic mass is 16.6. The maximum atomic E-state index is 11.3. The van der Waals surface area contributed by atoms with Gasteiger partial charge in [0.15, 0.2) is 0 Å². The molecule has 0 aromatic heterocycles. The first kappa shape index (κ1) is 12.8. The molecule has 0 aromatic carbocycles. The summed E-state index contributed by atoms with van der Waals surface area (Å²) in [5.74, 6) is 2.52. The second-order valence-electron chi connectivity index (χ2n) is 4.16. The summed E-state index contributed by atoms with van der Waals surface area (Å²) < 4.78 is 5.10. The Bertz CT molecular complexity index is 222. The Morgan fingerprint density at radius 1 is 1.57 bits per heavy atom. The van der Waals surface area contributed by atoms with Gasteiger partial charge in [0, 0.05) is 12.5 Å². The summed E-state index contributed by atoms with van der Waals surface area (Å²) in [6.07, 6.45) is 6.11. The first-order valence-electron chi connectivity index (χ1n) is 4.82. The monoisotopic (exact) mass is 197 g/mol. The number of hydrogen-bond donors (Lipinski definition) is 1. The number of hydrogen-bond acceptors (Lipinski definition) is 2. The summed E-state index contributed by atoms with van der Waals surface area (Å²) >= 11 is 0. The normalized spacial score (nSPS) is 12.8. The molecule has 0 saturated heterocycles. The van der Waals surface area contributed by atoms with Crippen molar-refractivity contribution in [1.29, 1.82) is 0 Å². The molecule has 0 aromatic rings. The smallest absolute Gasteiger partial charge is 0.407 e. The molecule has 0 aliphatic heterocycles. The first-order chi connectivity index (χ1) is 6.39. The Hall–Kier alpha value is -1.17. The zero-order valence-corrected chi connectivity index (χ0v) is 9.39. The van der Waals surface area contributed by atoms with Gasteiger partial charge in [-0.1, -0.05) is 6.92 Å². The zero-order chi connectivity index (χ0) is 11.2. The molecule has 0 aliphatic rings. The average molecular weight is 197 g/mol. The predicted molar refractivity (Wildman–Crippen MR) is 56.9 cm³/mol. The van der Waals surface area contributed by atoms with E-state index in [9.17, 15) is 4.79 Å². The van der Waals surface area contributed by atoms with Gasteiger partial charge >= 0.3 is 6.09 Å². The molecule has 3 heteroatoms. The number of alkyl carbamates (subject to hydrolysis) is 1. The van der Waals surface area contributed by atoms with Crippen LogP contribution in [0.1, 0.15) is 40.5 Å². The van der Waals surface area contributed by atoms with Crippen LogP contribution in [0.15, 0.2) is 0 Å². The topological polar surface area (TPSA) is 38.3 Å². The molecule has 0 heterocycles. The summed E-state index contributed by atoms with van der Waals surface area (Å²) in [7, 11) is 0. The Morgan fingerprint density at radius 3 is 2.50 bits per heavy atom. The van der Waals surface area contributed by atoms with Gasteiger partial charge in [-0.15, -0.1) is 12.3 Å². The molecule has 0 aliphatic carbocycles. The zero-order valence-electron chi connectivity index (χ0n) is 9.39. The van der Waals surface area contributed by atoms with Crippen LogP contribution >= 0.6 is 0 Å². The molecule has 0 saturated carbocycles. The molecule has 0 fully saturated rings. The van der Waals surface area contributed by atoms with Gasteiger partial charge in [0.25, 0.3) is 0 Å². The minimum atomic E-state index is -0.460. The van der Waals surface area contributed by atoms with E-state index >= 15 is 0 Å². The van der Waals surface area contributed by atoms with Gasteiger partial charge in [-0.25, -0.2) is 4.79 Å². The van der Waals surface area contributed by atoms with Crippen molar-refractivity contribution in [2.24, 2.45) is 0 Å². The highest BCUT2D eigenvalue weighted by molar-refractivity contribution is 5.68. The van der Waals surface area contributed by atoms with Crippen molar-refractivity contribution in [2.45, 2.75) is 52.2 Å². The van der Waals surface area contributed by atoms with Crippen molar-refractivity contribution in [1.82, 2.24) is 5.32 Å². The van der Waals surface area contributed by atoms with Crippen molar-refractivity contribution in [3.8, 4) is 12.3 Å². The summed E-state index contributed by atoms with van der Waals surface area (Å²) in [4.78, 5) is 11.3. The standard InChI is InChI=1S/C11H19NO2/c1-6-8-9(7-2)12-10(13)14-11(3,4)5/h1,9H,7-8H2,2-5H3,(H,12,13). The molecule has 0 rings (SSSR count). The van der Waals surface area contributed by atoms with E-state index in [2.05, 4.69) is 11.2 Å². The third-order valence-electron chi connectivity index (χ3n) is 1.58. The van der Waals surface area contributed by atoms with Crippen LogP contribution in [0.2, 0.25) is 0 Å². The third kappa shape index (κ3) is 6.36. The minimum absolute atomic E-state index is 0.00912. The summed E-state index contributed by atoms with van der Waals surface area (Å²) in [6, 6.07) is 0.00912. The van der Waals surface area contributed by atoms with Crippen LogP contribution in [-0.4, -0.2) is 17.7 Å². The Labute approximate surface area is 86.2 Å². The molecule has 1 atom stereocenters. The molecule has 0 bridgehead atoms. The maximum Gasteiger partial charge on any atom is 0.407 e. The lowest BCUT2D eigenvalue weighted by molar-refractivity contribution is 0.0504. The second kappa shape index (κ2) is 5.54. The Balaban J connectivity index is 3.98. The number of carbonyl (C=O) groups excluding carboxylic acids is 1. The Morgan fingerprint density at radius 2 is 2.14 bits per heavy atom. The third-order valence-corrected chi connectivity index (χ3v) is 1.58. The lowest BCUT2D eigenvalue weighted by Gasteiger charge is -2.22. The molecule has 0 spiro atoms. The van der Waals surface area contributed by atoms with Crippen molar-refractivity contribution in [3.63, 3.8) is 0 Å². The number of carbonyl (C=O) groups is 1. The van der Waals surface area contributed by atoms with Crippen molar-refractivity contribution in [2.75, 3.05) is 0 Å². The molecular weight excluding hydrogens is 178 g/mol. The second-order valence-corrected chi connectivity index (χ2v) is 4.16. The Kier molecular flexibility index (Phi) is 5.07. The van der Waals surface area contributed by atoms with Gasteiger partial charge in [-0.3, -0.25) is 0 Å². The van der Waals surface area contributed by atoms with E-state index in [1.54, 1.807) is 0 Å². The van der Waals surface area contributed by atoms with Crippen LogP contribution in [-0.2, 0) is 4.74 Å². The number of rotatable bonds is 3. The van der Waals surface area contributed by atoms with E-state index in [0.29, 0.717) is 6.42 Å². The van der Waals surface area contributed by atoms with Gasteiger partial charge < -0.3 is 10.1 Å². The van der Waals surface area contributed by atoms with Gasteiger partial charge in [0.2, 0.25) is 0 Å². The van der Waals surface area contributed by atoms with E-state index < -0.39 is 11.7 Å². The van der Waals surface area contributed by atoms with Gasteiger partial charge in [0.05, 0.1) is 0 Å². The lowest BCUT2D eigenvalue weighted by atomic mass is 10.1. The van der Waals surface area contributed by atoms with Crippen LogP contribution in [0, 0.1) is 12.3 Å². The van der Waals surface area contributed by atoms with E-state index in [1.807, 2.05) is 27.7 Å². The van der Waals surface area contributed by atoms with Crippen molar-refractivity contribution < 1.29 is 9.53 Å². The molecule has 1 N–H and O–H groups in total. The van der Waals surface area contributed by atoms with Crippen LogP contribution in [0.3, 0.4) is 0 Å². The molecule has 80 valence electrons. The summed E-state index contributed by atoms with van der Waals surface area (Å²) in [5.41, 5.74) is -0.460. The van der Waals surface area contributed by atoms with Crippen molar-refractivity contribution in [3.05, 3.63) is 0 Å². The van der Waals surface area contributed by atoms with Crippen LogP contribution in [0.4, 0.5) is 4.79 Å². The quantitative estimate of drug-likeness (QED) is 0.705. The van der Waals surface area contributed by atoms with Gasteiger partial charge in [-0.05, 0) is 27.2 Å². The SMILES string of the molecule is C#CCC(CC)NC(=O)OC(C)(C)C. The largest absolute Gasteiger partial charge is 0.444 e. The van der Waals surface area contributed by atoms with Crippen LogP contribution in [0.25, 0.3) is 0 Å².